The SMILES string of the molecule is CC(C)C(=O)N(CC(=O)N1CCc2sccc2[C@H]1COc1ccccc1F)C(C)C. The Hall–Kier alpha value is -2.41. The Kier molecular flexibility index (Phi) is 7.13. The molecule has 7 heteroatoms. The Bertz CT molecular complexity index is 896. The molecule has 2 aromatic rings. The molecular formula is C23H29FN2O3S. The van der Waals surface area contributed by atoms with Crippen LogP contribution in [0.1, 0.15) is 44.2 Å². The molecule has 0 aliphatic carbocycles. The Labute approximate surface area is 181 Å². The van der Waals surface area contributed by atoms with E-state index in [0.29, 0.717) is 6.54 Å². The van der Waals surface area contributed by atoms with Gasteiger partial charge in [0.15, 0.2) is 11.6 Å². The molecule has 0 spiro atoms. The lowest BCUT2D eigenvalue weighted by Crippen LogP contribution is -2.50. The third-order valence-electron chi connectivity index (χ3n) is 5.35. The number of para-hydroxylation sites is 1. The molecule has 162 valence electrons. The highest BCUT2D eigenvalue weighted by molar-refractivity contribution is 7.10. The van der Waals surface area contributed by atoms with Crippen LogP contribution in [0.25, 0.3) is 0 Å². The summed E-state index contributed by atoms with van der Waals surface area (Å²) >= 11 is 1.66. The molecular weight excluding hydrogens is 403 g/mol. The molecule has 0 unspecified atom stereocenters. The van der Waals surface area contributed by atoms with Crippen molar-refractivity contribution in [3.63, 3.8) is 0 Å². The highest BCUT2D eigenvalue weighted by Gasteiger charge is 2.34. The molecule has 0 bridgehead atoms. The number of carbonyl (C=O) groups is 2. The molecule has 0 radical (unpaired) electrons. The summed E-state index contributed by atoms with van der Waals surface area (Å²) in [6.07, 6.45) is 0.773. The first-order valence-electron chi connectivity index (χ1n) is 10.3. The monoisotopic (exact) mass is 432 g/mol. The minimum absolute atomic E-state index is 0.0321. The van der Waals surface area contributed by atoms with Crippen LogP contribution >= 0.6 is 11.3 Å². The molecule has 2 amide bonds. The number of rotatable bonds is 7. The van der Waals surface area contributed by atoms with Crippen molar-refractivity contribution < 1.29 is 18.7 Å². The smallest absolute Gasteiger partial charge is 0.242 e. The number of ether oxygens (including phenoxy) is 1. The Morgan fingerprint density at radius 1 is 1.23 bits per heavy atom. The largest absolute Gasteiger partial charge is 0.488 e. The van der Waals surface area contributed by atoms with Gasteiger partial charge < -0.3 is 14.5 Å². The van der Waals surface area contributed by atoms with E-state index in [1.807, 2.05) is 39.1 Å². The molecule has 2 heterocycles. The van der Waals surface area contributed by atoms with Crippen LogP contribution < -0.4 is 4.74 Å². The first-order chi connectivity index (χ1) is 14.3. The lowest BCUT2D eigenvalue weighted by Gasteiger charge is -2.38. The standard InChI is InChI=1S/C23H29FN2O3S/c1-15(2)23(28)26(16(3)4)13-22(27)25-11-9-21-17(10-12-30-21)19(25)14-29-20-8-6-5-7-18(20)24/h5-8,10,12,15-16,19H,9,11,13-14H2,1-4H3/t19-/m1/s1. The zero-order valence-electron chi connectivity index (χ0n) is 17.9. The van der Waals surface area contributed by atoms with Gasteiger partial charge in [-0.15, -0.1) is 11.3 Å². The first-order valence-corrected chi connectivity index (χ1v) is 11.2. The molecule has 5 nitrogen and oxygen atoms in total. The molecule has 0 fully saturated rings. The molecule has 1 aliphatic rings. The van der Waals surface area contributed by atoms with Crippen LogP contribution in [-0.4, -0.2) is 47.4 Å². The van der Waals surface area contributed by atoms with E-state index in [0.717, 1.165) is 12.0 Å². The number of hydrogen-bond acceptors (Lipinski definition) is 4. The average molecular weight is 433 g/mol. The minimum atomic E-state index is -0.426. The Balaban J connectivity index is 1.80. The number of nitrogens with zero attached hydrogens (tertiary/aromatic N) is 2. The first kappa shape index (κ1) is 22.3. The van der Waals surface area contributed by atoms with Gasteiger partial charge in [-0.1, -0.05) is 26.0 Å². The van der Waals surface area contributed by atoms with E-state index < -0.39 is 5.82 Å². The van der Waals surface area contributed by atoms with Gasteiger partial charge in [0.2, 0.25) is 11.8 Å². The van der Waals surface area contributed by atoms with Crippen molar-refractivity contribution in [2.45, 2.75) is 46.2 Å². The van der Waals surface area contributed by atoms with Gasteiger partial charge in [0, 0.05) is 23.4 Å². The van der Waals surface area contributed by atoms with Gasteiger partial charge in [0.25, 0.3) is 0 Å². The summed E-state index contributed by atoms with van der Waals surface area (Å²) in [5.74, 6) is -0.580. The lowest BCUT2D eigenvalue weighted by molar-refractivity contribution is -0.145. The van der Waals surface area contributed by atoms with Crippen LogP contribution in [0.3, 0.4) is 0 Å². The zero-order chi connectivity index (χ0) is 21.8. The molecule has 30 heavy (non-hydrogen) atoms. The summed E-state index contributed by atoms with van der Waals surface area (Å²) in [7, 11) is 0. The van der Waals surface area contributed by atoms with E-state index in [1.165, 1.54) is 10.9 Å². The molecule has 0 saturated carbocycles. The molecule has 0 saturated heterocycles. The predicted octanol–water partition coefficient (Wildman–Crippen LogP) is 4.29. The highest BCUT2D eigenvalue weighted by atomic mass is 32.1. The van der Waals surface area contributed by atoms with Gasteiger partial charge in [-0.05, 0) is 49.4 Å². The third-order valence-corrected chi connectivity index (χ3v) is 6.35. The van der Waals surface area contributed by atoms with Crippen molar-refractivity contribution in [2.75, 3.05) is 19.7 Å². The van der Waals surface area contributed by atoms with Crippen molar-refractivity contribution in [1.82, 2.24) is 9.80 Å². The second-order valence-electron chi connectivity index (χ2n) is 8.11. The van der Waals surface area contributed by atoms with E-state index in [2.05, 4.69) is 0 Å². The number of carbonyl (C=O) groups excluding carboxylic acids is 2. The normalized spacial score (nSPS) is 16.0. The van der Waals surface area contributed by atoms with E-state index >= 15 is 0 Å². The number of thiophene rings is 1. The number of halogens is 1. The summed E-state index contributed by atoms with van der Waals surface area (Å²) in [5, 5.41) is 2.01. The summed E-state index contributed by atoms with van der Waals surface area (Å²) in [6, 6.07) is 7.90. The van der Waals surface area contributed by atoms with Gasteiger partial charge in [0.1, 0.15) is 13.2 Å². The van der Waals surface area contributed by atoms with Crippen molar-refractivity contribution >= 4 is 23.2 Å². The maximum Gasteiger partial charge on any atom is 0.242 e. The van der Waals surface area contributed by atoms with Crippen LogP contribution in [-0.2, 0) is 16.0 Å². The number of hydrogen-bond donors (Lipinski definition) is 0. The van der Waals surface area contributed by atoms with Crippen molar-refractivity contribution in [2.24, 2.45) is 5.92 Å². The fourth-order valence-electron chi connectivity index (χ4n) is 3.69. The maximum atomic E-state index is 14.0. The van der Waals surface area contributed by atoms with Gasteiger partial charge in [-0.3, -0.25) is 9.59 Å². The average Bonchev–Trinajstić information content (AvgIpc) is 3.19. The molecule has 1 aromatic heterocycles. The maximum absolute atomic E-state index is 14.0. The Morgan fingerprint density at radius 2 is 1.97 bits per heavy atom. The van der Waals surface area contributed by atoms with E-state index in [9.17, 15) is 14.0 Å². The van der Waals surface area contributed by atoms with Crippen LogP contribution in [0.2, 0.25) is 0 Å². The van der Waals surface area contributed by atoms with E-state index in [-0.39, 0.29) is 48.7 Å². The Morgan fingerprint density at radius 3 is 2.63 bits per heavy atom. The van der Waals surface area contributed by atoms with Gasteiger partial charge >= 0.3 is 0 Å². The van der Waals surface area contributed by atoms with Crippen LogP contribution in [0, 0.1) is 11.7 Å². The van der Waals surface area contributed by atoms with E-state index in [1.54, 1.807) is 39.3 Å². The third kappa shape index (κ3) is 4.83. The minimum Gasteiger partial charge on any atom is -0.488 e. The topological polar surface area (TPSA) is 49.9 Å². The zero-order valence-corrected chi connectivity index (χ0v) is 18.7. The van der Waals surface area contributed by atoms with Crippen LogP contribution in [0.5, 0.6) is 5.75 Å². The summed E-state index contributed by atoms with van der Waals surface area (Å²) in [6.45, 7) is 8.26. The highest BCUT2D eigenvalue weighted by Crippen LogP contribution is 2.34. The van der Waals surface area contributed by atoms with Gasteiger partial charge in [-0.25, -0.2) is 4.39 Å². The predicted molar refractivity (Wildman–Crippen MR) is 116 cm³/mol. The quantitative estimate of drug-likeness (QED) is 0.656. The summed E-state index contributed by atoms with van der Waals surface area (Å²) < 4.78 is 19.8. The second kappa shape index (κ2) is 9.60. The van der Waals surface area contributed by atoms with Crippen LogP contribution in [0.4, 0.5) is 4.39 Å². The molecule has 1 aliphatic heterocycles. The second-order valence-corrected chi connectivity index (χ2v) is 9.11. The molecule has 0 N–H and O–H groups in total. The molecule has 1 aromatic carbocycles. The number of fused-ring (bicyclic) bond motifs is 1. The van der Waals surface area contributed by atoms with E-state index in [4.69, 9.17) is 4.74 Å². The van der Waals surface area contributed by atoms with Crippen molar-refractivity contribution in [3.8, 4) is 5.75 Å². The van der Waals surface area contributed by atoms with Crippen molar-refractivity contribution in [1.29, 1.82) is 0 Å². The number of amides is 2. The van der Waals surface area contributed by atoms with Crippen LogP contribution in [0.15, 0.2) is 35.7 Å². The summed E-state index contributed by atoms with van der Waals surface area (Å²) in [5.41, 5.74) is 1.04. The van der Waals surface area contributed by atoms with Gasteiger partial charge in [-0.2, -0.15) is 0 Å². The molecule has 3 rings (SSSR count). The van der Waals surface area contributed by atoms with Gasteiger partial charge in [0.05, 0.1) is 6.04 Å². The fraction of sp³-hybridized carbons (Fsp3) is 0.478. The number of benzene rings is 1. The summed E-state index contributed by atoms with van der Waals surface area (Å²) in [4.78, 5) is 30.5. The molecule has 1 atom stereocenters. The fourth-order valence-corrected chi connectivity index (χ4v) is 4.62. The lowest BCUT2D eigenvalue weighted by atomic mass is 10.00. The van der Waals surface area contributed by atoms with Crippen molar-refractivity contribution in [3.05, 3.63) is 52.0 Å².